The Morgan fingerprint density at radius 2 is 1.67 bits per heavy atom. The quantitative estimate of drug-likeness (QED) is 0.602. The van der Waals surface area contributed by atoms with Gasteiger partial charge in [-0.1, -0.05) is 48.5 Å². The smallest absolute Gasteiger partial charge is 0.224 e. The molecule has 0 N–H and O–H groups in total. The van der Waals surface area contributed by atoms with Gasteiger partial charge < -0.3 is 9.64 Å². The van der Waals surface area contributed by atoms with E-state index in [4.69, 9.17) is 4.74 Å². The maximum atomic E-state index is 12.5. The molecule has 2 heterocycles. The van der Waals surface area contributed by atoms with Crippen molar-refractivity contribution in [2.24, 2.45) is 0 Å². The molecule has 4 rings (SSSR count). The lowest BCUT2D eigenvalue weighted by atomic mass is 10.2. The molecule has 0 radical (unpaired) electrons. The van der Waals surface area contributed by atoms with Crippen LogP contribution in [0, 0.1) is 0 Å². The Hall–Kier alpha value is -3.18. The van der Waals surface area contributed by atoms with Gasteiger partial charge in [0.05, 0.1) is 0 Å². The standard InChI is InChI=1S/C25H27N3O2/c29-25-11-13-27(14-15-28(25)19-23-9-5-12-26-17-23)18-22-8-4-10-24(16-22)30-20-21-6-2-1-3-7-21/h1-10,12,16-17H,11,13-15,18-20H2. The molecule has 1 fully saturated rings. The summed E-state index contributed by atoms with van der Waals surface area (Å²) in [4.78, 5) is 21.0. The Morgan fingerprint density at radius 1 is 0.833 bits per heavy atom. The molecule has 3 aromatic rings. The summed E-state index contributed by atoms with van der Waals surface area (Å²) in [6.07, 6.45) is 4.13. The number of amides is 1. The molecule has 1 aliphatic heterocycles. The van der Waals surface area contributed by atoms with Crippen LogP contribution in [0.2, 0.25) is 0 Å². The van der Waals surface area contributed by atoms with Crippen LogP contribution in [0.3, 0.4) is 0 Å². The second kappa shape index (κ2) is 10.0. The number of nitrogens with zero attached hydrogens (tertiary/aromatic N) is 3. The first-order valence-electron chi connectivity index (χ1n) is 10.4. The summed E-state index contributed by atoms with van der Waals surface area (Å²) in [6.45, 7) is 4.38. The third-order valence-corrected chi connectivity index (χ3v) is 5.33. The van der Waals surface area contributed by atoms with Crippen LogP contribution < -0.4 is 4.74 Å². The number of carbonyl (C=O) groups excluding carboxylic acids is 1. The first-order chi connectivity index (χ1) is 14.8. The molecule has 0 saturated carbocycles. The van der Waals surface area contributed by atoms with Gasteiger partial charge in [-0.2, -0.15) is 0 Å². The summed E-state index contributed by atoms with van der Waals surface area (Å²) >= 11 is 0. The van der Waals surface area contributed by atoms with Crippen LogP contribution in [0.4, 0.5) is 0 Å². The second-order valence-electron chi connectivity index (χ2n) is 7.62. The van der Waals surface area contributed by atoms with Crippen LogP contribution in [0.15, 0.2) is 79.1 Å². The second-order valence-corrected chi connectivity index (χ2v) is 7.62. The summed E-state index contributed by atoms with van der Waals surface area (Å²) in [7, 11) is 0. The molecule has 2 aromatic carbocycles. The van der Waals surface area contributed by atoms with Crippen LogP contribution in [0.25, 0.3) is 0 Å². The molecule has 5 nitrogen and oxygen atoms in total. The van der Waals surface area contributed by atoms with Gasteiger partial charge in [-0.25, -0.2) is 0 Å². The zero-order valence-electron chi connectivity index (χ0n) is 17.1. The fourth-order valence-corrected chi connectivity index (χ4v) is 3.68. The largest absolute Gasteiger partial charge is 0.489 e. The van der Waals surface area contributed by atoms with Gasteiger partial charge in [-0.05, 0) is 34.9 Å². The summed E-state index contributed by atoms with van der Waals surface area (Å²) in [5, 5.41) is 0. The number of benzene rings is 2. The van der Waals surface area contributed by atoms with E-state index in [0.717, 1.165) is 43.1 Å². The number of rotatable bonds is 7. The van der Waals surface area contributed by atoms with Crippen molar-refractivity contribution in [2.45, 2.75) is 26.1 Å². The lowest BCUT2D eigenvalue weighted by molar-refractivity contribution is -0.130. The molecule has 0 bridgehead atoms. The van der Waals surface area contributed by atoms with Crippen LogP contribution in [-0.4, -0.2) is 40.3 Å². The molecule has 30 heavy (non-hydrogen) atoms. The highest BCUT2D eigenvalue weighted by Gasteiger charge is 2.21. The average molecular weight is 402 g/mol. The third-order valence-electron chi connectivity index (χ3n) is 5.33. The lowest BCUT2D eigenvalue weighted by Crippen LogP contribution is -2.32. The summed E-state index contributed by atoms with van der Waals surface area (Å²) in [5.41, 5.74) is 3.43. The molecule has 0 atom stereocenters. The fourth-order valence-electron chi connectivity index (χ4n) is 3.68. The highest BCUT2D eigenvalue weighted by molar-refractivity contribution is 5.76. The number of hydrogen-bond donors (Lipinski definition) is 0. The van der Waals surface area contributed by atoms with Crippen molar-refractivity contribution in [1.29, 1.82) is 0 Å². The van der Waals surface area contributed by atoms with Gasteiger partial charge in [0.15, 0.2) is 0 Å². The molecule has 1 aromatic heterocycles. The van der Waals surface area contributed by atoms with E-state index in [9.17, 15) is 4.79 Å². The number of aromatic nitrogens is 1. The zero-order chi connectivity index (χ0) is 20.6. The molecule has 154 valence electrons. The van der Waals surface area contributed by atoms with E-state index in [1.807, 2.05) is 53.6 Å². The molecular formula is C25H27N3O2. The van der Waals surface area contributed by atoms with E-state index in [-0.39, 0.29) is 5.91 Å². The normalized spacial score (nSPS) is 15.1. The Morgan fingerprint density at radius 3 is 2.50 bits per heavy atom. The Labute approximate surface area is 177 Å². The monoisotopic (exact) mass is 401 g/mol. The van der Waals surface area contributed by atoms with Gasteiger partial charge in [0, 0.05) is 51.5 Å². The molecule has 0 unspecified atom stereocenters. The SMILES string of the molecule is O=C1CCN(Cc2cccc(OCc3ccccc3)c2)CCN1Cc1cccnc1. The molecule has 1 saturated heterocycles. The van der Waals surface area contributed by atoms with Gasteiger partial charge in [0.25, 0.3) is 0 Å². The average Bonchev–Trinajstić information content (AvgIpc) is 2.96. The van der Waals surface area contributed by atoms with Gasteiger partial charge in [0.1, 0.15) is 12.4 Å². The van der Waals surface area contributed by atoms with Gasteiger partial charge in [-0.3, -0.25) is 14.7 Å². The minimum Gasteiger partial charge on any atom is -0.489 e. The van der Waals surface area contributed by atoms with Gasteiger partial charge in [-0.15, -0.1) is 0 Å². The van der Waals surface area contributed by atoms with Crippen molar-refractivity contribution in [3.63, 3.8) is 0 Å². The number of pyridine rings is 1. The maximum absolute atomic E-state index is 12.5. The molecule has 5 heteroatoms. The first kappa shape index (κ1) is 20.1. The number of ether oxygens (including phenoxy) is 1. The van der Waals surface area contributed by atoms with E-state index in [2.05, 4.69) is 34.1 Å². The Balaban J connectivity index is 1.32. The van der Waals surface area contributed by atoms with Crippen LogP contribution in [-0.2, 0) is 24.5 Å². The van der Waals surface area contributed by atoms with Crippen molar-refractivity contribution in [3.05, 3.63) is 95.8 Å². The summed E-state index contributed by atoms with van der Waals surface area (Å²) in [5.74, 6) is 1.08. The molecule has 0 aliphatic carbocycles. The van der Waals surface area contributed by atoms with E-state index in [0.29, 0.717) is 19.6 Å². The molecule has 1 aliphatic rings. The highest BCUT2D eigenvalue weighted by Crippen LogP contribution is 2.18. The number of carbonyl (C=O) groups is 1. The van der Waals surface area contributed by atoms with E-state index in [1.165, 1.54) is 5.56 Å². The van der Waals surface area contributed by atoms with Crippen molar-refractivity contribution >= 4 is 5.91 Å². The lowest BCUT2D eigenvalue weighted by Gasteiger charge is -2.22. The van der Waals surface area contributed by atoms with E-state index >= 15 is 0 Å². The van der Waals surface area contributed by atoms with Crippen molar-refractivity contribution in [2.75, 3.05) is 19.6 Å². The van der Waals surface area contributed by atoms with Crippen LogP contribution in [0.1, 0.15) is 23.1 Å². The zero-order valence-corrected chi connectivity index (χ0v) is 17.1. The van der Waals surface area contributed by atoms with E-state index < -0.39 is 0 Å². The summed E-state index contributed by atoms with van der Waals surface area (Å²) in [6, 6.07) is 22.4. The van der Waals surface area contributed by atoms with E-state index in [1.54, 1.807) is 6.20 Å². The van der Waals surface area contributed by atoms with Crippen molar-refractivity contribution < 1.29 is 9.53 Å². The maximum Gasteiger partial charge on any atom is 0.224 e. The van der Waals surface area contributed by atoms with Crippen molar-refractivity contribution in [1.82, 2.24) is 14.8 Å². The first-order valence-corrected chi connectivity index (χ1v) is 10.4. The number of hydrogen-bond acceptors (Lipinski definition) is 4. The Kier molecular flexibility index (Phi) is 6.72. The van der Waals surface area contributed by atoms with Gasteiger partial charge in [0.2, 0.25) is 5.91 Å². The summed E-state index contributed by atoms with van der Waals surface area (Å²) < 4.78 is 5.96. The van der Waals surface area contributed by atoms with Crippen LogP contribution in [0.5, 0.6) is 5.75 Å². The topological polar surface area (TPSA) is 45.7 Å². The highest BCUT2D eigenvalue weighted by atomic mass is 16.5. The molecule has 0 spiro atoms. The minimum atomic E-state index is 0.210. The van der Waals surface area contributed by atoms with Crippen molar-refractivity contribution in [3.8, 4) is 5.75 Å². The fraction of sp³-hybridized carbons (Fsp3) is 0.280. The minimum absolute atomic E-state index is 0.210. The molecular weight excluding hydrogens is 374 g/mol. The van der Waals surface area contributed by atoms with Gasteiger partial charge >= 0.3 is 0 Å². The Bertz CT molecular complexity index is 947. The predicted molar refractivity (Wildman–Crippen MR) is 117 cm³/mol. The predicted octanol–water partition coefficient (Wildman–Crippen LogP) is 3.90. The third kappa shape index (κ3) is 5.67. The molecule has 1 amide bonds. The van der Waals surface area contributed by atoms with Crippen LogP contribution >= 0.6 is 0 Å².